The highest BCUT2D eigenvalue weighted by Crippen LogP contribution is 2.54. The van der Waals surface area contributed by atoms with Gasteiger partial charge in [0.15, 0.2) is 0 Å². The van der Waals surface area contributed by atoms with Crippen LogP contribution in [0.25, 0.3) is 0 Å². The Hall–Kier alpha value is -0.0800. The van der Waals surface area contributed by atoms with Crippen molar-refractivity contribution in [2.75, 3.05) is 20.1 Å². The first-order chi connectivity index (χ1) is 9.21. The lowest BCUT2D eigenvalue weighted by molar-refractivity contribution is 0.0435. The van der Waals surface area contributed by atoms with Crippen LogP contribution in [-0.4, -0.2) is 30.6 Å². The van der Waals surface area contributed by atoms with Crippen molar-refractivity contribution in [2.24, 2.45) is 35.3 Å². The van der Waals surface area contributed by atoms with Crippen LogP contribution in [0.4, 0.5) is 0 Å². The fraction of sp³-hybridized carbons (Fsp3) is 1.00. The molecule has 0 aromatic rings. The number of nitrogens with two attached hydrogens (primary N) is 1. The lowest BCUT2D eigenvalue weighted by atomic mass is 9.78. The molecular formula is C17H30N2. The van der Waals surface area contributed by atoms with Crippen molar-refractivity contribution in [3.8, 4) is 0 Å². The van der Waals surface area contributed by atoms with E-state index in [4.69, 9.17) is 5.73 Å². The molecule has 4 bridgehead atoms. The Morgan fingerprint density at radius 2 is 1.89 bits per heavy atom. The van der Waals surface area contributed by atoms with Crippen LogP contribution in [0.1, 0.15) is 51.4 Å². The number of likely N-dealkylation sites (N-methyl/N-ethyl adjacent to an activating group) is 1. The fourth-order valence-corrected chi connectivity index (χ4v) is 6.42. The molecule has 6 unspecified atom stereocenters. The third-order valence-electron chi connectivity index (χ3n) is 7.45. The molecule has 4 rings (SSSR count). The van der Waals surface area contributed by atoms with Crippen molar-refractivity contribution < 1.29 is 0 Å². The Morgan fingerprint density at radius 1 is 1.05 bits per heavy atom. The van der Waals surface area contributed by atoms with E-state index in [0.717, 1.165) is 36.1 Å². The molecule has 0 aliphatic heterocycles. The average Bonchev–Trinajstić information content (AvgIpc) is 3.17. The van der Waals surface area contributed by atoms with E-state index in [-0.39, 0.29) is 0 Å². The Kier molecular flexibility index (Phi) is 2.97. The number of rotatable bonds is 4. The summed E-state index contributed by atoms with van der Waals surface area (Å²) in [5.74, 6) is 5.03. The molecule has 6 atom stereocenters. The fourth-order valence-electron chi connectivity index (χ4n) is 6.42. The molecule has 4 aliphatic rings. The number of hydrogen-bond donors (Lipinski definition) is 1. The molecular weight excluding hydrogens is 232 g/mol. The van der Waals surface area contributed by atoms with Gasteiger partial charge in [0.05, 0.1) is 0 Å². The smallest absolute Gasteiger partial charge is 0.0359 e. The summed E-state index contributed by atoms with van der Waals surface area (Å²) in [4.78, 5) is 2.72. The van der Waals surface area contributed by atoms with E-state index < -0.39 is 0 Å². The Morgan fingerprint density at radius 3 is 2.42 bits per heavy atom. The van der Waals surface area contributed by atoms with Crippen molar-refractivity contribution in [2.45, 2.75) is 56.9 Å². The van der Waals surface area contributed by atoms with Gasteiger partial charge < -0.3 is 5.73 Å². The Labute approximate surface area is 118 Å². The first-order valence-corrected chi connectivity index (χ1v) is 8.62. The molecule has 4 fully saturated rings. The summed E-state index contributed by atoms with van der Waals surface area (Å²) in [5, 5.41) is 0. The molecule has 0 heterocycles. The number of nitrogens with zero attached hydrogens (tertiary/aromatic N) is 1. The topological polar surface area (TPSA) is 29.3 Å². The molecule has 0 aromatic heterocycles. The van der Waals surface area contributed by atoms with Gasteiger partial charge in [-0.1, -0.05) is 12.8 Å². The van der Waals surface area contributed by atoms with Gasteiger partial charge in [-0.15, -0.1) is 0 Å². The Balaban J connectivity index is 1.46. The van der Waals surface area contributed by atoms with Crippen molar-refractivity contribution in [3.05, 3.63) is 0 Å². The quantitative estimate of drug-likeness (QED) is 0.844. The largest absolute Gasteiger partial charge is 0.329 e. The zero-order valence-corrected chi connectivity index (χ0v) is 12.5. The highest BCUT2D eigenvalue weighted by molar-refractivity contribution is 5.08. The summed E-state index contributed by atoms with van der Waals surface area (Å²) in [7, 11) is 2.39. The molecule has 4 aliphatic carbocycles. The van der Waals surface area contributed by atoms with Gasteiger partial charge in [-0.3, -0.25) is 4.90 Å². The van der Waals surface area contributed by atoms with Gasteiger partial charge in [0.25, 0.3) is 0 Å². The van der Waals surface area contributed by atoms with Crippen LogP contribution in [0.3, 0.4) is 0 Å². The van der Waals surface area contributed by atoms with Crippen molar-refractivity contribution >= 4 is 0 Å². The van der Waals surface area contributed by atoms with Crippen LogP contribution < -0.4 is 5.73 Å². The standard InChI is InChI=1S/C17H30N2/c1-19(10-15-7-12-2-4-14(15)6-12)17(11-18)9-13-3-5-16(17)8-13/h12-16H,2-11,18H2,1H3. The van der Waals surface area contributed by atoms with Gasteiger partial charge in [-0.05, 0) is 75.2 Å². The highest BCUT2D eigenvalue weighted by atomic mass is 15.2. The van der Waals surface area contributed by atoms with Gasteiger partial charge in [-0.25, -0.2) is 0 Å². The van der Waals surface area contributed by atoms with E-state index >= 15 is 0 Å². The van der Waals surface area contributed by atoms with Crippen LogP contribution in [0.2, 0.25) is 0 Å². The lowest BCUT2D eigenvalue weighted by Crippen LogP contribution is -2.57. The first kappa shape index (κ1) is 12.6. The minimum Gasteiger partial charge on any atom is -0.329 e. The first-order valence-electron chi connectivity index (χ1n) is 8.62. The van der Waals surface area contributed by atoms with Gasteiger partial charge in [0.2, 0.25) is 0 Å². The number of hydrogen-bond acceptors (Lipinski definition) is 2. The van der Waals surface area contributed by atoms with E-state index in [1.54, 1.807) is 6.42 Å². The normalized spacial score (nSPS) is 51.6. The molecule has 2 heteroatoms. The predicted octanol–water partition coefficient (Wildman–Crippen LogP) is 2.87. The predicted molar refractivity (Wildman–Crippen MR) is 78.8 cm³/mol. The zero-order valence-electron chi connectivity index (χ0n) is 12.5. The van der Waals surface area contributed by atoms with Crippen LogP contribution in [0.15, 0.2) is 0 Å². The molecule has 0 amide bonds. The van der Waals surface area contributed by atoms with Crippen LogP contribution in [-0.2, 0) is 0 Å². The SMILES string of the molecule is CN(CC1CC2CCC1C2)C1(CN)CC2CCC1C2. The second kappa shape index (κ2) is 4.46. The van der Waals surface area contributed by atoms with Gasteiger partial charge in [0, 0.05) is 18.6 Å². The zero-order chi connectivity index (χ0) is 13.0. The molecule has 0 saturated heterocycles. The summed E-state index contributed by atoms with van der Waals surface area (Å²) in [6.45, 7) is 2.23. The highest BCUT2D eigenvalue weighted by Gasteiger charge is 2.53. The van der Waals surface area contributed by atoms with Crippen LogP contribution >= 0.6 is 0 Å². The maximum absolute atomic E-state index is 6.26. The van der Waals surface area contributed by atoms with Gasteiger partial charge in [-0.2, -0.15) is 0 Å². The minimum atomic E-state index is 0.380. The summed E-state index contributed by atoms with van der Waals surface area (Å²) < 4.78 is 0. The monoisotopic (exact) mass is 262 g/mol. The molecule has 0 radical (unpaired) electrons. The van der Waals surface area contributed by atoms with E-state index in [9.17, 15) is 0 Å². The van der Waals surface area contributed by atoms with E-state index in [2.05, 4.69) is 11.9 Å². The van der Waals surface area contributed by atoms with Crippen LogP contribution in [0.5, 0.6) is 0 Å². The molecule has 0 aromatic carbocycles. The van der Waals surface area contributed by atoms with Crippen molar-refractivity contribution in [1.82, 2.24) is 4.90 Å². The molecule has 19 heavy (non-hydrogen) atoms. The second-order valence-electron chi connectivity index (χ2n) is 8.20. The average molecular weight is 262 g/mol. The molecule has 2 nitrogen and oxygen atoms in total. The Bertz CT molecular complexity index is 355. The minimum absolute atomic E-state index is 0.380. The second-order valence-corrected chi connectivity index (χ2v) is 8.20. The van der Waals surface area contributed by atoms with Gasteiger partial charge in [0.1, 0.15) is 0 Å². The summed E-state index contributed by atoms with van der Waals surface area (Å²) in [6, 6.07) is 0. The number of fused-ring (bicyclic) bond motifs is 4. The van der Waals surface area contributed by atoms with Crippen molar-refractivity contribution in [3.63, 3.8) is 0 Å². The summed E-state index contributed by atoms with van der Waals surface area (Å²) >= 11 is 0. The maximum Gasteiger partial charge on any atom is 0.0359 e. The van der Waals surface area contributed by atoms with E-state index in [1.807, 2.05) is 0 Å². The van der Waals surface area contributed by atoms with E-state index in [1.165, 1.54) is 51.5 Å². The van der Waals surface area contributed by atoms with Gasteiger partial charge >= 0.3 is 0 Å². The molecule has 0 spiro atoms. The molecule has 2 N–H and O–H groups in total. The third kappa shape index (κ3) is 1.82. The third-order valence-corrected chi connectivity index (χ3v) is 7.45. The maximum atomic E-state index is 6.26. The summed E-state index contributed by atoms with van der Waals surface area (Å²) in [5.41, 5.74) is 6.64. The molecule has 108 valence electrons. The van der Waals surface area contributed by atoms with E-state index in [0.29, 0.717) is 5.54 Å². The molecule has 4 saturated carbocycles. The van der Waals surface area contributed by atoms with Crippen molar-refractivity contribution in [1.29, 1.82) is 0 Å². The lowest BCUT2D eigenvalue weighted by Gasteiger charge is -2.46. The van der Waals surface area contributed by atoms with Crippen LogP contribution in [0, 0.1) is 29.6 Å². The summed E-state index contributed by atoms with van der Waals surface area (Å²) in [6.07, 6.45) is 11.9.